The Kier molecular flexibility index (Phi) is 14.1. The molecule has 0 spiro atoms. The average molecular weight is 451 g/mol. The van der Waals surface area contributed by atoms with Crippen molar-refractivity contribution in [3.8, 4) is 11.5 Å². The van der Waals surface area contributed by atoms with Crippen LogP contribution in [0.25, 0.3) is 0 Å². The molecule has 0 heterocycles. The quantitative estimate of drug-likeness (QED) is 0.158. The molecule has 7 heteroatoms. The molecular weight excluding hydrogens is 421 g/mol. The van der Waals surface area contributed by atoms with Gasteiger partial charge in [0.05, 0.1) is 11.6 Å². The van der Waals surface area contributed by atoms with Crippen molar-refractivity contribution in [2.24, 2.45) is 5.16 Å². The molecule has 0 fully saturated rings. The molecule has 0 aliphatic heterocycles. The second kappa shape index (κ2) is 15.8. The van der Waals surface area contributed by atoms with Crippen molar-refractivity contribution in [2.75, 3.05) is 19.8 Å². The fourth-order valence-electron chi connectivity index (χ4n) is 2.43. The molecule has 0 aliphatic carbocycles. The summed E-state index contributed by atoms with van der Waals surface area (Å²) in [5, 5.41) is 4.49. The summed E-state index contributed by atoms with van der Waals surface area (Å²) in [6.07, 6.45) is 10.9. The van der Waals surface area contributed by atoms with Crippen molar-refractivity contribution in [1.82, 2.24) is 0 Å². The predicted octanol–water partition coefficient (Wildman–Crippen LogP) is 7.48. The number of unbranched alkanes of at least 4 members (excludes halogenated alkanes) is 5. The Morgan fingerprint density at radius 3 is 2.54 bits per heavy atom. The zero-order chi connectivity index (χ0) is 20.6. The van der Waals surface area contributed by atoms with Crippen LogP contribution in [0.15, 0.2) is 27.9 Å². The highest BCUT2D eigenvalue weighted by Crippen LogP contribution is 2.33. The van der Waals surface area contributed by atoms with E-state index in [0.29, 0.717) is 29.7 Å². The van der Waals surface area contributed by atoms with Gasteiger partial charge < -0.3 is 14.3 Å². The highest BCUT2D eigenvalue weighted by atomic mass is 35.5. The molecule has 1 rings (SSSR count). The van der Waals surface area contributed by atoms with Crippen LogP contribution in [0.2, 0.25) is 5.02 Å². The van der Waals surface area contributed by atoms with Crippen LogP contribution in [0.3, 0.4) is 0 Å². The number of oxime groups is 1. The van der Waals surface area contributed by atoms with Gasteiger partial charge in [0.25, 0.3) is 0 Å². The fraction of sp³-hybridized carbons (Fsp3) is 0.571. The van der Waals surface area contributed by atoms with Crippen LogP contribution in [0.1, 0.15) is 57.4 Å². The first kappa shape index (κ1) is 24.9. The summed E-state index contributed by atoms with van der Waals surface area (Å²) < 4.78 is 11.5. The third kappa shape index (κ3) is 11.7. The van der Waals surface area contributed by atoms with E-state index in [4.69, 9.17) is 49.1 Å². The normalized spacial score (nSPS) is 10.9. The van der Waals surface area contributed by atoms with Gasteiger partial charge in [0.2, 0.25) is 0 Å². The minimum Gasteiger partial charge on any atom is -0.492 e. The summed E-state index contributed by atoms with van der Waals surface area (Å²) in [5.41, 5.74) is 0.921. The topological polar surface area (TPSA) is 40.0 Å². The van der Waals surface area contributed by atoms with Gasteiger partial charge in [-0.2, -0.15) is 0 Å². The lowest BCUT2D eigenvalue weighted by molar-refractivity contribution is 0.139. The van der Waals surface area contributed by atoms with Crippen LogP contribution in [-0.2, 0) is 4.84 Å². The molecule has 0 saturated heterocycles. The summed E-state index contributed by atoms with van der Waals surface area (Å²) in [6.45, 7) is 5.64. The van der Waals surface area contributed by atoms with Crippen molar-refractivity contribution in [3.63, 3.8) is 0 Å². The number of rotatable bonds is 15. The molecule has 0 atom stereocenters. The van der Waals surface area contributed by atoms with Gasteiger partial charge in [-0.3, -0.25) is 0 Å². The summed E-state index contributed by atoms with van der Waals surface area (Å²) >= 11 is 17.4. The molecule has 1 aromatic rings. The molecule has 28 heavy (non-hydrogen) atoms. The van der Waals surface area contributed by atoms with Gasteiger partial charge in [-0.15, -0.1) is 0 Å². The average Bonchev–Trinajstić information content (AvgIpc) is 2.64. The van der Waals surface area contributed by atoms with E-state index in [1.165, 1.54) is 19.3 Å². The number of aryl methyl sites for hydroxylation is 1. The maximum Gasteiger partial charge on any atom is 0.141 e. The molecule has 0 saturated carbocycles. The molecule has 4 nitrogen and oxygen atoms in total. The molecule has 0 N–H and O–H groups in total. The Balaban J connectivity index is 2.20. The van der Waals surface area contributed by atoms with Crippen molar-refractivity contribution in [1.29, 1.82) is 0 Å². The van der Waals surface area contributed by atoms with Crippen molar-refractivity contribution >= 4 is 41.0 Å². The summed E-state index contributed by atoms with van der Waals surface area (Å²) in [5.74, 6) is 1.33. The number of benzene rings is 1. The molecule has 0 radical (unpaired) electrons. The Labute approximate surface area is 183 Å². The minimum atomic E-state index is 0.173. The Morgan fingerprint density at radius 1 is 1.04 bits per heavy atom. The van der Waals surface area contributed by atoms with Crippen molar-refractivity contribution in [3.05, 3.63) is 33.3 Å². The zero-order valence-electron chi connectivity index (χ0n) is 16.7. The lowest BCUT2D eigenvalue weighted by Gasteiger charge is -2.13. The van der Waals surface area contributed by atoms with E-state index >= 15 is 0 Å². The van der Waals surface area contributed by atoms with Crippen LogP contribution in [-0.4, -0.2) is 26.0 Å². The maximum absolute atomic E-state index is 6.31. The smallest absolute Gasteiger partial charge is 0.141 e. The van der Waals surface area contributed by atoms with Crippen LogP contribution in [0, 0.1) is 6.92 Å². The maximum atomic E-state index is 6.31. The monoisotopic (exact) mass is 449 g/mol. The van der Waals surface area contributed by atoms with Crippen molar-refractivity contribution < 1.29 is 14.3 Å². The van der Waals surface area contributed by atoms with Crippen LogP contribution in [0.4, 0.5) is 0 Å². The van der Waals surface area contributed by atoms with Crippen LogP contribution >= 0.6 is 34.8 Å². The van der Waals surface area contributed by atoms with Gasteiger partial charge in [-0.05, 0) is 56.7 Å². The molecule has 0 bridgehead atoms. The van der Waals surface area contributed by atoms with E-state index in [9.17, 15) is 0 Å². The van der Waals surface area contributed by atoms with Gasteiger partial charge in [0.15, 0.2) is 0 Å². The Morgan fingerprint density at radius 2 is 1.82 bits per heavy atom. The molecule has 0 amide bonds. The zero-order valence-corrected chi connectivity index (χ0v) is 19.0. The van der Waals surface area contributed by atoms with Gasteiger partial charge in [-0.1, -0.05) is 59.7 Å². The molecular formula is C21H30Cl3NO3. The molecule has 0 unspecified atom stereocenters. The van der Waals surface area contributed by atoms with E-state index in [2.05, 4.69) is 12.1 Å². The number of nitrogens with zero attached hydrogens (tertiary/aromatic N) is 1. The Hall–Kier alpha value is -1.10. The number of hydrogen-bond acceptors (Lipinski definition) is 4. The number of halogens is 3. The van der Waals surface area contributed by atoms with Crippen LogP contribution in [0.5, 0.6) is 11.5 Å². The van der Waals surface area contributed by atoms with Crippen LogP contribution < -0.4 is 9.47 Å². The molecule has 1 aromatic carbocycles. The van der Waals surface area contributed by atoms with Gasteiger partial charge >= 0.3 is 0 Å². The van der Waals surface area contributed by atoms with E-state index in [1.807, 2.05) is 19.2 Å². The standard InChI is InChI=1S/C21H30Cl3NO3/c1-3-4-5-7-11-25-28-13-9-6-8-12-27-21-17(2)15-18(16-19(21)22)26-14-10-20(23)24/h10-11,15-16H,3-9,12-14H2,1-2H3/b25-11+. The highest BCUT2D eigenvalue weighted by molar-refractivity contribution is 6.55. The van der Waals surface area contributed by atoms with Gasteiger partial charge in [-0.25, -0.2) is 0 Å². The highest BCUT2D eigenvalue weighted by Gasteiger charge is 2.09. The predicted molar refractivity (Wildman–Crippen MR) is 119 cm³/mol. The summed E-state index contributed by atoms with van der Waals surface area (Å²) in [7, 11) is 0. The SMILES string of the molecule is CCCCC/C=N/OCCCCCOc1c(C)cc(OCC=C(Cl)Cl)cc1Cl. The van der Waals surface area contributed by atoms with Gasteiger partial charge in [0.1, 0.15) is 29.2 Å². The molecule has 0 aromatic heterocycles. The number of ether oxygens (including phenoxy) is 2. The third-order valence-corrected chi connectivity index (χ3v) is 4.49. The van der Waals surface area contributed by atoms with E-state index < -0.39 is 0 Å². The third-order valence-electron chi connectivity index (χ3n) is 3.90. The van der Waals surface area contributed by atoms with E-state index in [1.54, 1.807) is 12.1 Å². The minimum absolute atomic E-state index is 0.173. The van der Waals surface area contributed by atoms with Gasteiger partial charge in [0, 0.05) is 12.3 Å². The Bertz CT molecular complexity index is 594. The fourth-order valence-corrected chi connectivity index (χ4v) is 2.87. The first-order valence-electron chi connectivity index (χ1n) is 9.75. The lowest BCUT2D eigenvalue weighted by atomic mass is 10.2. The van der Waals surface area contributed by atoms with E-state index in [-0.39, 0.29) is 11.1 Å². The largest absolute Gasteiger partial charge is 0.492 e. The lowest BCUT2D eigenvalue weighted by Crippen LogP contribution is -2.01. The first-order valence-corrected chi connectivity index (χ1v) is 10.9. The molecule has 0 aliphatic rings. The van der Waals surface area contributed by atoms with Crippen molar-refractivity contribution in [2.45, 2.75) is 58.8 Å². The number of hydrogen-bond donors (Lipinski definition) is 0. The molecule has 158 valence electrons. The second-order valence-corrected chi connectivity index (χ2v) is 7.80. The first-order chi connectivity index (χ1) is 13.5. The summed E-state index contributed by atoms with van der Waals surface area (Å²) in [6, 6.07) is 3.61. The summed E-state index contributed by atoms with van der Waals surface area (Å²) in [4.78, 5) is 5.25. The second-order valence-electron chi connectivity index (χ2n) is 6.38. The van der Waals surface area contributed by atoms with E-state index in [0.717, 1.165) is 31.2 Å².